The van der Waals surface area contributed by atoms with Gasteiger partial charge in [0.1, 0.15) is 0 Å². The van der Waals surface area contributed by atoms with Crippen molar-refractivity contribution in [2.24, 2.45) is 0 Å². The van der Waals surface area contributed by atoms with Crippen LogP contribution in [-0.2, 0) is 10.0 Å². The minimum Gasteiger partial charge on any atom is -0.232 e. The van der Waals surface area contributed by atoms with Gasteiger partial charge in [0.15, 0.2) is 8.68 Å². The molecular formula is C8H13ClN2O2S2. The van der Waals surface area contributed by atoms with Gasteiger partial charge in [-0.3, -0.25) is 0 Å². The molecule has 0 aliphatic heterocycles. The lowest BCUT2D eigenvalue weighted by atomic mass is 10.0. The summed E-state index contributed by atoms with van der Waals surface area (Å²) in [4.78, 5) is 3.70. The highest BCUT2D eigenvalue weighted by atomic mass is 35.5. The molecule has 0 unspecified atom stereocenters. The van der Waals surface area contributed by atoms with Crippen LogP contribution in [0.1, 0.15) is 27.2 Å². The van der Waals surface area contributed by atoms with Crippen LogP contribution < -0.4 is 4.72 Å². The standard InChI is InChI=1S/C8H13ClN2O2S2/c1-4-8(2,3)11-15(12,13)6-5-10-7(9)14-6/h5,11H,4H2,1-3H3. The van der Waals surface area contributed by atoms with E-state index in [2.05, 4.69) is 9.71 Å². The molecule has 15 heavy (non-hydrogen) atoms. The van der Waals surface area contributed by atoms with Gasteiger partial charge in [0.25, 0.3) is 10.0 Å². The van der Waals surface area contributed by atoms with E-state index in [0.29, 0.717) is 6.42 Å². The number of nitrogens with one attached hydrogen (secondary N) is 1. The topological polar surface area (TPSA) is 59.1 Å². The highest BCUT2D eigenvalue weighted by Gasteiger charge is 2.26. The normalized spacial score (nSPS) is 13.1. The fraction of sp³-hybridized carbons (Fsp3) is 0.625. The van der Waals surface area contributed by atoms with Gasteiger partial charge in [-0.15, -0.1) is 0 Å². The molecule has 0 saturated carbocycles. The first-order valence-electron chi connectivity index (χ1n) is 4.42. The molecule has 1 aromatic rings. The molecule has 1 rings (SSSR count). The molecule has 4 nitrogen and oxygen atoms in total. The second-order valence-corrected chi connectivity index (χ2v) is 7.30. The fourth-order valence-corrected chi connectivity index (χ4v) is 3.63. The molecule has 1 heterocycles. The molecule has 1 N–H and O–H groups in total. The Morgan fingerprint density at radius 3 is 2.60 bits per heavy atom. The van der Waals surface area contributed by atoms with Crippen LogP contribution in [0.15, 0.2) is 10.4 Å². The summed E-state index contributed by atoms with van der Waals surface area (Å²) < 4.78 is 26.6. The molecule has 0 fully saturated rings. The minimum atomic E-state index is -3.49. The van der Waals surface area contributed by atoms with Crippen molar-refractivity contribution in [3.8, 4) is 0 Å². The number of rotatable bonds is 4. The smallest absolute Gasteiger partial charge is 0.232 e. The molecule has 0 aliphatic rings. The van der Waals surface area contributed by atoms with E-state index in [4.69, 9.17) is 11.6 Å². The predicted octanol–water partition coefficient (Wildman–Crippen LogP) is 2.26. The number of hydrogen-bond donors (Lipinski definition) is 1. The summed E-state index contributed by atoms with van der Waals surface area (Å²) >= 11 is 6.54. The van der Waals surface area contributed by atoms with Gasteiger partial charge in [-0.1, -0.05) is 29.9 Å². The van der Waals surface area contributed by atoms with Crippen molar-refractivity contribution >= 4 is 33.0 Å². The molecule has 0 aromatic carbocycles. The number of nitrogens with zero attached hydrogens (tertiary/aromatic N) is 1. The Kier molecular flexibility index (Phi) is 3.76. The second-order valence-electron chi connectivity index (χ2n) is 3.78. The Balaban J connectivity index is 2.95. The molecule has 0 bridgehead atoms. The lowest BCUT2D eigenvalue weighted by molar-refractivity contribution is 0.440. The summed E-state index contributed by atoms with van der Waals surface area (Å²) in [6, 6.07) is 0. The third kappa shape index (κ3) is 3.41. The first-order chi connectivity index (χ1) is 6.77. The van der Waals surface area contributed by atoms with Crippen LogP contribution in [0, 0.1) is 0 Å². The summed E-state index contributed by atoms with van der Waals surface area (Å²) in [6.45, 7) is 5.57. The molecule has 0 radical (unpaired) electrons. The van der Waals surface area contributed by atoms with Gasteiger partial charge in [-0.2, -0.15) is 0 Å². The van der Waals surface area contributed by atoms with Crippen LogP contribution in [0.5, 0.6) is 0 Å². The average molecular weight is 269 g/mol. The maximum Gasteiger partial charge on any atom is 0.252 e. The summed E-state index contributed by atoms with van der Waals surface area (Å²) in [5.74, 6) is 0. The summed E-state index contributed by atoms with van der Waals surface area (Å²) in [6.07, 6.45) is 1.97. The van der Waals surface area contributed by atoms with Gasteiger partial charge in [-0.25, -0.2) is 18.1 Å². The fourth-order valence-electron chi connectivity index (χ4n) is 0.850. The van der Waals surface area contributed by atoms with E-state index in [0.717, 1.165) is 11.3 Å². The molecule has 0 aliphatic carbocycles. The number of hydrogen-bond acceptors (Lipinski definition) is 4. The van der Waals surface area contributed by atoms with Crippen molar-refractivity contribution in [2.75, 3.05) is 0 Å². The van der Waals surface area contributed by atoms with E-state index in [1.807, 2.05) is 20.8 Å². The van der Waals surface area contributed by atoms with Crippen LogP contribution in [0.3, 0.4) is 0 Å². The Morgan fingerprint density at radius 1 is 1.60 bits per heavy atom. The molecule has 0 atom stereocenters. The monoisotopic (exact) mass is 268 g/mol. The highest BCUT2D eigenvalue weighted by molar-refractivity contribution is 7.91. The number of sulfonamides is 1. The highest BCUT2D eigenvalue weighted by Crippen LogP contribution is 2.23. The third-order valence-corrected chi connectivity index (χ3v) is 5.29. The second kappa shape index (κ2) is 4.37. The van der Waals surface area contributed by atoms with Gasteiger partial charge in [0, 0.05) is 5.54 Å². The Bertz CT molecular complexity index is 439. The Labute approximate surface area is 98.7 Å². The van der Waals surface area contributed by atoms with Gasteiger partial charge >= 0.3 is 0 Å². The lowest BCUT2D eigenvalue weighted by Crippen LogP contribution is -2.42. The van der Waals surface area contributed by atoms with Gasteiger partial charge in [0.2, 0.25) is 0 Å². The maximum absolute atomic E-state index is 11.8. The third-order valence-electron chi connectivity index (χ3n) is 2.02. The van der Waals surface area contributed by atoms with E-state index in [1.165, 1.54) is 6.20 Å². The molecule has 0 spiro atoms. The Hall–Kier alpha value is -0.170. The van der Waals surface area contributed by atoms with Crippen molar-refractivity contribution in [1.82, 2.24) is 9.71 Å². The number of aromatic nitrogens is 1. The van der Waals surface area contributed by atoms with Crippen LogP contribution in [0.25, 0.3) is 0 Å². The van der Waals surface area contributed by atoms with E-state index in [1.54, 1.807) is 0 Å². The zero-order valence-electron chi connectivity index (χ0n) is 8.74. The van der Waals surface area contributed by atoms with E-state index >= 15 is 0 Å². The lowest BCUT2D eigenvalue weighted by Gasteiger charge is -2.23. The molecule has 0 amide bonds. The van der Waals surface area contributed by atoms with Crippen LogP contribution in [0.4, 0.5) is 0 Å². The van der Waals surface area contributed by atoms with Crippen molar-refractivity contribution < 1.29 is 8.42 Å². The SMILES string of the molecule is CCC(C)(C)NS(=O)(=O)c1cnc(Cl)s1. The average Bonchev–Trinajstić information content (AvgIpc) is 2.51. The van der Waals surface area contributed by atoms with Crippen molar-refractivity contribution in [2.45, 2.75) is 36.9 Å². The van der Waals surface area contributed by atoms with E-state index in [9.17, 15) is 8.42 Å². The van der Waals surface area contributed by atoms with Crippen molar-refractivity contribution in [3.05, 3.63) is 10.7 Å². The zero-order valence-corrected chi connectivity index (χ0v) is 11.1. The zero-order chi connectivity index (χ0) is 11.7. The van der Waals surface area contributed by atoms with Gasteiger partial charge in [-0.05, 0) is 20.3 Å². The predicted molar refractivity (Wildman–Crippen MR) is 61.8 cm³/mol. The first-order valence-corrected chi connectivity index (χ1v) is 7.10. The van der Waals surface area contributed by atoms with Crippen LogP contribution in [0.2, 0.25) is 4.47 Å². The summed E-state index contributed by atoms with van der Waals surface area (Å²) in [5.41, 5.74) is -0.463. The minimum absolute atomic E-state index is 0.147. The number of thiazole rings is 1. The van der Waals surface area contributed by atoms with Crippen molar-refractivity contribution in [3.63, 3.8) is 0 Å². The van der Waals surface area contributed by atoms with Crippen LogP contribution in [-0.4, -0.2) is 18.9 Å². The molecule has 7 heteroatoms. The largest absolute Gasteiger partial charge is 0.252 e. The summed E-state index contributed by atoms with van der Waals surface area (Å²) in [5, 5.41) is 0. The molecule has 0 saturated heterocycles. The van der Waals surface area contributed by atoms with Gasteiger partial charge < -0.3 is 0 Å². The Morgan fingerprint density at radius 2 is 2.20 bits per heavy atom. The van der Waals surface area contributed by atoms with Crippen LogP contribution >= 0.6 is 22.9 Å². The van der Waals surface area contributed by atoms with E-state index in [-0.39, 0.29) is 8.68 Å². The van der Waals surface area contributed by atoms with Crippen molar-refractivity contribution in [1.29, 1.82) is 0 Å². The molecule has 1 aromatic heterocycles. The first kappa shape index (κ1) is 12.9. The molecular weight excluding hydrogens is 256 g/mol. The quantitative estimate of drug-likeness (QED) is 0.911. The van der Waals surface area contributed by atoms with E-state index < -0.39 is 15.6 Å². The number of halogens is 1. The summed E-state index contributed by atoms with van der Waals surface area (Å²) in [7, 11) is -3.49. The van der Waals surface area contributed by atoms with Gasteiger partial charge in [0.05, 0.1) is 6.20 Å². The molecule has 86 valence electrons. The maximum atomic E-state index is 11.8.